The molecule has 0 bridgehead atoms. The Bertz CT molecular complexity index is 1120. The Morgan fingerprint density at radius 3 is 2.44 bits per heavy atom. The van der Waals surface area contributed by atoms with Crippen LogP contribution in [0.4, 0.5) is 0 Å². The lowest BCUT2D eigenvalue weighted by atomic mass is 9.85. The number of carbonyl (C=O) groups excluding carboxylic acids is 1. The summed E-state index contributed by atoms with van der Waals surface area (Å²) < 4.78 is 28.3. The lowest BCUT2D eigenvalue weighted by molar-refractivity contribution is -0.125. The van der Waals surface area contributed by atoms with Gasteiger partial charge in [0.05, 0.1) is 17.2 Å². The fourth-order valence-electron chi connectivity index (χ4n) is 4.83. The number of nitrogens with one attached hydrogen (secondary N) is 1. The summed E-state index contributed by atoms with van der Waals surface area (Å²) >= 11 is 0. The van der Waals surface area contributed by atoms with Crippen molar-refractivity contribution in [3.63, 3.8) is 0 Å². The molecule has 1 heterocycles. The van der Waals surface area contributed by atoms with Gasteiger partial charge in [-0.2, -0.15) is 4.31 Å². The molecule has 0 aromatic heterocycles. The Hall–Kier alpha value is -2.75. The van der Waals surface area contributed by atoms with Crippen LogP contribution in [0.15, 0.2) is 64.6 Å². The second kappa shape index (κ2) is 10.7. The number of hydrogen-bond acceptors (Lipinski definition) is 6. The maximum Gasteiger partial charge on any atom is 0.244 e. The van der Waals surface area contributed by atoms with E-state index < -0.39 is 16.1 Å². The molecule has 1 amide bonds. The molecule has 4 rings (SSSR count). The molecule has 9 heteroatoms. The van der Waals surface area contributed by atoms with Gasteiger partial charge in [0, 0.05) is 25.0 Å². The Kier molecular flexibility index (Phi) is 7.65. The van der Waals surface area contributed by atoms with Crippen LogP contribution >= 0.6 is 0 Å². The summed E-state index contributed by atoms with van der Waals surface area (Å²) in [6.07, 6.45) is 3.77. The van der Waals surface area contributed by atoms with Gasteiger partial charge in [-0.15, -0.1) is 0 Å². The van der Waals surface area contributed by atoms with Gasteiger partial charge >= 0.3 is 0 Å². The first kappa shape index (κ1) is 24.4. The average Bonchev–Trinajstić information content (AvgIpc) is 3.30. The standard InChI is InChI=1S/C25H31N3O5S/c1-33-27-21-15-24(25(30)26-23-10-6-5-9-20(23)17-29)28(16-21)34(31,32)22-13-11-19(12-14-22)18-7-3-2-4-8-18/h2-4,7-8,11-14,20,23-24,29H,5-6,9-10,15-17H2,1H3,(H,26,30)/b27-21-/t20-,23+,24-/m0/s1. The van der Waals surface area contributed by atoms with Gasteiger partial charge in [0.1, 0.15) is 13.2 Å². The van der Waals surface area contributed by atoms with Crippen LogP contribution in [0.5, 0.6) is 0 Å². The van der Waals surface area contributed by atoms with Crippen molar-refractivity contribution in [1.29, 1.82) is 0 Å². The van der Waals surface area contributed by atoms with Gasteiger partial charge in [0.2, 0.25) is 15.9 Å². The largest absolute Gasteiger partial charge is 0.399 e. The second-order valence-corrected chi connectivity index (χ2v) is 10.7. The summed E-state index contributed by atoms with van der Waals surface area (Å²) in [5.74, 6) is -0.377. The molecule has 2 fully saturated rings. The molecule has 2 aromatic carbocycles. The molecule has 0 unspecified atom stereocenters. The van der Waals surface area contributed by atoms with Gasteiger partial charge in [-0.3, -0.25) is 4.79 Å². The number of aliphatic hydroxyl groups is 1. The average molecular weight is 486 g/mol. The van der Waals surface area contributed by atoms with Crippen LogP contribution in [0.1, 0.15) is 32.1 Å². The van der Waals surface area contributed by atoms with E-state index in [0.717, 1.165) is 36.8 Å². The highest BCUT2D eigenvalue weighted by Crippen LogP contribution is 2.29. The quantitative estimate of drug-likeness (QED) is 0.587. The van der Waals surface area contributed by atoms with E-state index in [4.69, 9.17) is 4.84 Å². The molecule has 2 aliphatic rings. The van der Waals surface area contributed by atoms with E-state index in [1.165, 1.54) is 11.4 Å². The van der Waals surface area contributed by atoms with Crippen molar-refractivity contribution in [3.05, 3.63) is 54.6 Å². The molecule has 1 saturated carbocycles. The van der Waals surface area contributed by atoms with E-state index >= 15 is 0 Å². The highest BCUT2D eigenvalue weighted by atomic mass is 32.2. The summed E-state index contributed by atoms with van der Waals surface area (Å²) in [6.45, 7) is -0.00936. The van der Waals surface area contributed by atoms with E-state index in [0.29, 0.717) is 5.71 Å². The molecule has 1 aliphatic heterocycles. The van der Waals surface area contributed by atoms with Crippen LogP contribution in [0.3, 0.4) is 0 Å². The number of sulfonamides is 1. The van der Waals surface area contributed by atoms with Crippen molar-refractivity contribution in [3.8, 4) is 11.1 Å². The normalized spacial score (nSPS) is 24.8. The van der Waals surface area contributed by atoms with Crippen molar-refractivity contribution in [2.75, 3.05) is 20.3 Å². The van der Waals surface area contributed by atoms with E-state index in [-0.39, 0.29) is 42.3 Å². The lowest BCUT2D eigenvalue weighted by Gasteiger charge is -2.32. The highest BCUT2D eigenvalue weighted by Gasteiger charge is 2.43. The Morgan fingerprint density at radius 1 is 1.09 bits per heavy atom. The zero-order valence-electron chi connectivity index (χ0n) is 19.3. The maximum absolute atomic E-state index is 13.6. The van der Waals surface area contributed by atoms with Gasteiger partial charge in [0.15, 0.2) is 0 Å². The van der Waals surface area contributed by atoms with Crippen molar-refractivity contribution < 1.29 is 23.2 Å². The van der Waals surface area contributed by atoms with E-state index in [2.05, 4.69) is 10.5 Å². The topological polar surface area (TPSA) is 108 Å². The first-order valence-electron chi connectivity index (χ1n) is 11.6. The molecule has 0 radical (unpaired) electrons. The van der Waals surface area contributed by atoms with Crippen LogP contribution in [0.2, 0.25) is 0 Å². The molecular weight excluding hydrogens is 454 g/mol. The molecule has 182 valence electrons. The zero-order valence-corrected chi connectivity index (χ0v) is 20.1. The van der Waals surface area contributed by atoms with Crippen molar-refractivity contribution in [1.82, 2.24) is 9.62 Å². The third-order valence-corrected chi connectivity index (χ3v) is 8.55. The number of carbonyl (C=O) groups is 1. The lowest BCUT2D eigenvalue weighted by Crippen LogP contribution is -2.51. The van der Waals surface area contributed by atoms with Gasteiger partial charge in [-0.05, 0) is 36.1 Å². The maximum atomic E-state index is 13.6. The SMILES string of the molecule is CO/N=C1/C[C@@H](C(=O)N[C@@H]2CCCC[C@H]2CO)N(S(=O)(=O)c2ccc(-c3ccccc3)cc2)C1. The fraction of sp³-hybridized carbons (Fsp3) is 0.440. The number of amides is 1. The Morgan fingerprint density at radius 2 is 1.76 bits per heavy atom. The predicted octanol–water partition coefficient (Wildman–Crippen LogP) is 2.79. The minimum absolute atomic E-state index is 0.00176. The number of nitrogens with zero attached hydrogens (tertiary/aromatic N) is 2. The smallest absolute Gasteiger partial charge is 0.244 e. The number of oxime groups is 1. The van der Waals surface area contributed by atoms with Crippen LogP contribution in [-0.2, 0) is 19.7 Å². The summed E-state index contributed by atoms with van der Waals surface area (Å²) in [5.41, 5.74) is 2.39. The molecule has 1 aliphatic carbocycles. The summed E-state index contributed by atoms with van der Waals surface area (Å²) in [5, 5.41) is 16.6. The fourth-order valence-corrected chi connectivity index (χ4v) is 6.41. The molecule has 34 heavy (non-hydrogen) atoms. The van der Waals surface area contributed by atoms with Gasteiger partial charge in [0.25, 0.3) is 0 Å². The summed E-state index contributed by atoms with van der Waals surface area (Å²) in [4.78, 5) is 18.2. The van der Waals surface area contributed by atoms with Crippen LogP contribution in [0, 0.1) is 5.92 Å². The summed E-state index contributed by atoms with van der Waals surface area (Å²) in [7, 11) is -2.56. The number of benzene rings is 2. The molecule has 1 saturated heterocycles. The first-order valence-corrected chi connectivity index (χ1v) is 13.1. The van der Waals surface area contributed by atoms with Crippen LogP contribution < -0.4 is 5.32 Å². The minimum Gasteiger partial charge on any atom is -0.399 e. The molecule has 8 nitrogen and oxygen atoms in total. The zero-order chi connectivity index (χ0) is 24.1. The third-order valence-electron chi connectivity index (χ3n) is 6.68. The van der Waals surface area contributed by atoms with Crippen LogP contribution in [-0.4, -0.2) is 61.8 Å². The monoisotopic (exact) mass is 485 g/mol. The van der Waals surface area contributed by atoms with Crippen molar-refractivity contribution >= 4 is 21.6 Å². The molecule has 3 atom stereocenters. The van der Waals surface area contributed by atoms with E-state index in [1.54, 1.807) is 24.3 Å². The highest BCUT2D eigenvalue weighted by molar-refractivity contribution is 7.89. The Balaban J connectivity index is 1.57. The van der Waals surface area contributed by atoms with E-state index in [9.17, 15) is 18.3 Å². The molecule has 2 N–H and O–H groups in total. The predicted molar refractivity (Wildman–Crippen MR) is 130 cm³/mol. The van der Waals surface area contributed by atoms with E-state index in [1.807, 2.05) is 30.3 Å². The van der Waals surface area contributed by atoms with Crippen molar-refractivity contribution in [2.45, 2.75) is 49.1 Å². The summed E-state index contributed by atoms with van der Waals surface area (Å²) in [6, 6.07) is 15.3. The molecule has 0 spiro atoms. The van der Waals surface area contributed by atoms with Gasteiger partial charge in [-0.25, -0.2) is 8.42 Å². The van der Waals surface area contributed by atoms with Crippen LogP contribution in [0.25, 0.3) is 11.1 Å². The number of aliphatic hydroxyl groups excluding tert-OH is 1. The van der Waals surface area contributed by atoms with Crippen molar-refractivity contribution in [2.24, 2.45) is 11.1 Å². The second-order valence-electron chi connectivity index (χ2n) is 8.84. The van der Waals surface area contributed by atoms with Gasteiger partial charge < -0.3 is 15.3 Å². The third kappa shape index (κ3) is 5.16. The first-order chi connectivity index (χ1) is 16.4. The molecule has 2 aromatic rings. The Labute approximate surface area is 200 Å². The molecular formula is C25H31N3O5S. The minimum atomic E-state index is -3.96. The number of hydrogen-bond donors (Lipinski definition) is 2. The number of rotatable bonds is 7. The van der Waals surface area contributed by atoms with Gasteiger partial charge in [-0.1, -0.05) is 60.5 Å².